The molecule has 102 valence electrons. The van der Waals surface area contributed by atoms with Crippen LogP contribution in [0.15, 0.2) is 30.0 Å². The molecule has 0 bridgehead atoms. The molecule has 1 aliphatic heterocycles. The Morgan fingerprint density at radius 1 is 1.37 bits per heavy atom. The van der Waals surface area contributed by atoms with Gasteiger partial charge in [0.15, 0.2) is 0 Å². The van der Waals surface area contributed by atoms with Crippen LogP contribution in [0.2, 0.25) is 5.02 Å². The predicted molar refractivity (Wildman–Crippen MR) is 76.5 cm³/mol. The summed E-state index contributed by atoms with van der Waals surface area (Å²) < 4.78 is 5.24. The molecule has 2 rings (SSSR count). The SMILES string of the molecule is Cc1ccc(NC(=O)NC=C2CCOCC2)cc1Cl. The molecule has 5 heteroatoms. The Bertz CT molecular complexity index is 492. The van der Waals surface area contributed by atoms with Crippen molar-refractivity contribution in [2.75, 3.05) is 18.5 Å². The molecule has 0 saturated carbocycles. The molecule has 0 aliphatic carbocycles. The van der Waals surface area contributed by atoms with Crippen molar-refractivity contribution in [2.24, 2.45) is 0 Å². The zero-order valence-electron chi connectivity index (χ0n) is 10.8. The number of aryl methyl sites for hydroxylation is 1. The fourth-order valence-corrected chi connectivity index (χ4v) is 1.96. The fourth-order valence-electron chi connectivity index (χ4n) is 1.78. The number of hydrogen-bond acceptors (Lipinski definition) is 2. The highest BCUT2D eigenvalue weighted by molar-refractivity contribution is 6.31. The molecule has 1 aliphatic rings. The highest BCUT2D eigenvalue weighted by atomic mass is 35.5. The maximum Gasteiger partial charge on any atom is 0.323 e. The van der Waals surface area contributed by atoms with E-state index in [2.05, 4.69) is 10.6 Å². The van der Waals surface area contributed by atoms with Gasteiger partial charge in [-0.05, 0) is 43.0 Å². The topological polar surface area (TPSA) is 50.4 Å². The van der Waals surface area contributed by atoms with Crippen molar-refractivity contribution in [1.82, 2.24) is 5.32 Å². The average Bonchev–Trinajstić information content (AvgIpc) is 2.42. The summed E-state index contributed by atoms with van der Waals surface area (Å²) in [5.41, 5.74) is 2.86. The maximum absolute atomic E-state index is 11.7. The first-order valence-electron chi connectivity index (χ1n) is 6.24. The van der Waals surface area contributed by atoms with E-state index in [4.69, 9.17) is 16.3 Å². The first-order valence-corrected chi connectivity index (χ1v) is 6.62. The van der Waals surface area contributed by atoms with Crippen LogP contribution in [0.25, 0.3) is 0 Å². The molecule has 0 radical (unpaired) electrons. The summed E-state index contributed by atoms with van der Waals surface area (Å²) >= 11 is 6.00. The largest absolute Gasteiger partial charge is 0.381 e. The minimum Gasteiger partial charge on any atom is -0.381 e. The summed E-state index contributed by atoms with van der Waals surface area (Å²) in [5.74, 6) is 0. The molecule has 0 atom stereocenters. The molecule has 0 aromatic heterocycles. The van der Waals surface area contributed by atoms with E-state index in [1.807, 2.05) is 19.1 Å². The van der Waals surface area contributed by atoms with Crippen LogP contribution in [-0.4, -0.2) is 19.2 Å². The van der Waals surface area contributed by atoms with E-state index in [0.717, 1.165) is 31.6 Å². The van der Waals surface area contributed by atoms with E-state index in [-0.39, 0.29) is 6.03 Å². The van der Waals surface area contributed by atoms with Crippen LogP contribution in [0.5, 0.6) is 0 Å². The normalized spacial score (nSPS) is 14.9. The monoisotopic (exact) mass is 280 g/mol. The molecule has 1 fully saturated rings. The second-order valence-corrected chi connectivity index (χ2v) is 4.88. The van der Waals surface area contributed by atoms with Gasteiger partial charge in [-0.15, -0.1) is 0 Å². The van der Waals surface area contributed by atoms with Crippen molar-refractivity contribution in [1.29, 1.82) is 0 Å². The quantitative estimate of drug-likeness (QED) is 0.871. The summed E-state index contributed by atoms with van der Waals surface area (Å²) in [6.07, 6.45) is 3.50. The summed E-state index contributed by atoms with van der Waals surface area (Å²) in [6.45, 7) is 3.37. The third kappa shape index (κ3) is 4.26. The number of ether oxygens (including phenoxy) is 1. The third-order valence-corrected chi connectivity index (χ3v) is 3.38. The average molecular weight is 281 g/mol. The maximum atomic E-state index is 11.7. The highest BCUT2D eigenvalue weighted by Crippen LogP contribution is 2.19. The molecule has 19 heavy (non-hydrogen) atoms. The van der Waals surface area contributed by atoms with Crippen molar-refractivity contribution in [2.45, 2.75) is 19.8 Å². The number of urea groups is 1. The van der Waals surface area contributed by atoms with E-state index in [9.17, 15) is 4.79 Å². The van der Waals surface area contributed by atoms with Crippen LogP contribution >= 0.6 is 11.6 Å². The summed E-state index contributed by atoms with van der Waals surface area (Å²) in [6, 6.07) is 5.16. The van der Waals surface area contributed by atoms with Gasteiger partial charge in [0.25, 0.3) is 0 Å². The van der Waals surface area contributed by atoms with Gasteiger partial charge in [0.1, 0.15) is 0 Å². The molecular formula is C14H17ClN2O2. The van der Waals surface area contributed by atoms with Gasteiger partial charge in [0.2, 0.25) is 0 Å². The molecule has 2 amide bonds. The van der Waals surface area contributed by atoms with Crippen molar-refractivity contribution >= 4 is 23.3 Å². The van der Waals surface area contributed by atoms with Gasteiger partial charge in [-0.1, -0.05) is 17.7 Å². The van der Waals surface area contributed by atoms with E-state index < -0.39 is 0 Å². The first kappa shape index (κ1) is 13.9. The number of anilines is 1. The Hall–Kier alpha value is -1.52. The van der Waals surface area contributed by atoms with Crippen molar-refractivity contribution < 1.29 is 9.53 Å². The lowest BCUT2D eigenvalue weighted by Crippen LogP contribution is -2.25. The Morgan fingerprint density at radius 2 is 2.11 bits per heavy atom. The Kier molecular flexibility index (Phi) is 4.82. The van der Waals surface area contributed by atoms with E-state index in [1.54, 1.807) is 12.3 Å². The van der Waals surface area contributed by atoms with Gasteiger partial charge in [0, 0.05) is 16.9 Å². The lowest BCUT2D eigenvalue weighted by molar-refractivity contribution is 0.119. The van der Waals surface area contributed by atoms with Gasteiger partial charge < -0.3 is 15.4 Å². The van der Waals surface area contributed by atoms with Crippen molar-refractivity contribution in [3.63, 3.8) is 0 Å². The number of nitrogens with one attached hydrogen (secondary N) is 2. The van der Waals surface area contributed by atoms with Gasteiger partial charge in [-0.25, -0.2) is 4.79 Å². The van der Waals surface area contributed by atoms with E-state index in [0.29, 0.717) is 10.7 Å². The first-order chi connectivity index (χ1) is 9.15. The molecule has 1 heterocycles. The Morgan fingerprint density at radius 3 is 2.79 bits per heavy atom. The second kappa shape index (κ2) is 6.59. The minimum atomic E-state index is -0.265. The Labute approximate surface area is 117 Å². The number of benzene rings is 1. The van der Waals surface area contributed by atoms with Gasteiger partial charge >= 0.3 is 6.03 Å². The number of hydrogen-bond donors (Lipinski definition) is 2. The zero-order valence-corrected chi connectivity index (χ0v) is 11.6. The van der Waals surface area contributed by atoms with Crippen LogP contribution < -0.4 is 10.6 Å². The smallest absolute Gasteiger partial charge is 0.323 e. The number of carbonyl (C=O) groups excluding carboxylic acids is 1. The van der Waals surface area contributed by atoms with E-state index in [1.165, 1.54) is 5.57 Å². The zero-order chi connectivity index (χ0) is 13.7. The van der Waals surface area contributed by atoms with Crippen LogP contribution in [-0.2, 0) is 4.74 Å². The number of amides is 2. The summed E-state index contributed by atoms with van der Waals surface area (Å²) in [5, 5.41) is 6.10. The Balaban J connectivity index is 1.88. The van der Waals surface area contributed by atoms with Crippen LogP contribution in [0.4, 0.5) is 10.5 Å². The number of rotatable bonds is 2. The fraction of sp³-hybridized carbons (Fsp3) is 0.357. The van der Waals surface area contributed by atoms with Crippen LogP contribution in [0, 0.1) is 6.92 Å². The molecular weight excluding hydrogens is 264 g/mol. The lowest BCUT2D eigenvalue weighted by Gasteiger charge is -2.14. The third-order valence-electron chi connectivity index (χ3n) is 2.97. The lowest BCUT2D eigenvalue weighted by atomic mass is 10.1. The highest BCUT2D eigenvalue weighted by Gasteiger charge is 2.06. The molecule has 2 N–H and O–H groups in total. The van der Waals surface area contributed by atoms with Gasteiger partial charge in [0.05, 0.1) is 13.2 Å². The van der Waals surface area contributed by atoms with Gasteiger partial charge in [-0.3, -0.25) is 0 Å². The molecule has 1 aromatic rings. The van der Waals surface area contributed by atoms with Crippen molar-refractivity contribution in [3.8, 4) is 0 Å². The number of halogens is 1. The van der Waals surface area contributed by atoms with Crippen molar-refractivity contribution in [3.05, 3.63) is 40.6 Å². The van der Waals surface area contributed by atoms with E-state index >= 15 is 0 Å². The molecule has 1 aromatic carbocycles. The second-order valence-electron chi connectivity index (χ2n) is 4.48. The standard InChI is InChI=1S/C14H17ClN2O2/c1-10-2-3-12(8-13(10)15)17-14(18)16-9-11-4-6-19-7-5-11/h2-3,8-9H,4-7H2,1H3,(H2,16,17,18). The number of carbonyl (C=O) groups is 1. The molecule has 0 unspecified atom stereocenters. The molecule has 0 spiro atoms. The van der Waals surface area contributed by atoms with Gasteiger partial charge in [-0.2, -0.15) is 0 Å². The summed E-state index contributed by atoms with van der Waals surface area (Å²) in [4.78, 5) is 11.7. The summed E-state index contributed by atoms with van der Waals surface area (Å²) in [7, 11) is 0. The predicted octanol–water partition coefficient (Wildman–Crippen LogP) is 3.46. The van der Waals surface area contributed by atoms with Crippen LogP contribution in [0.3, 0.4) is 0 Å². The van der Waals surface area contributed by atoms with Crippen LogP contribution in [0.1, 0.15) is 18.4 Å². The minimum absolute atomic E-state index is 0.265. The molecule has 4 nitrogen and oxygen atoms in total. The molecule has 1 saturated heterocycles.